The third kappa shape index (κ3) is 4.69. The van der Waals surface area contributed by atoms with E-state index < -0.39 is 0 Å². The summed E-state index contributed by atoms with van der Waals surface area (Å²) in [6.07, 6.45) is 8.24. The van der Waals surface area contributed by atoms with Gasteiger partial charge in [-0.15, -0.1) is 0 Å². The fraction of sp³-hybridized carbons (Fsp3) is 0.929. The van der Waals surface area contributed by atoms with E-state index in [1.807, 2.05) is 4.90 Å². The van der Waals surface area contributed by atoms with E-state index in [0.717, 1.165) is 26.1 Å². The van der Waals surface area contributed by atoms with Gasteiger partial charge in [0, 0.05) is 37.0 Å². The lowest BCUT2D eigenvalue weighted by molar-refractivity contribution is -0.127. The molecule has 1 N–H and O–H groups in total. The zero-order valence-electron chi connectivity index (χ0n) is 12.1. The van der Waals surface area contributed by atoms with Crippen LogP contribution in [0, 0.1) is 5.92 Å². The van der Waals surface area contributed by atoms with Crippen molar-refractivity contribution in [2.45, 2.75) is 51.0 Å². The number of nitrogens with one attached hydrogen (secondary N) is 1. The first kappa shape index (κ1) is 15.1. The predicted molar refractivity (Wildman–Crippen MR) is 78.2 cm³/mol. The molecule has 0 aromatic carbocycles. The Hall–Kier alpha value is -1.26. The molecule has 1 aliphatic carbocycles. The van der Waals surface area contributed by atoms with E-state index >= 15 is 0 Å². The number of amides is 1. The zero-order valence-corrected chi connectivity index (χ0v) is 12.1. The standard InChI is InChI=1S/C14H25N5O/c15-18-17-10-12-9-14(20)19(11-12)8-4-7-16-13-5-2-1-3-6-13/h12-13,16H,1-11H2. The highest BCUT2D eigenvalue weighted by atomic mass is 16.2. The van der Waals surface area contributed by atoms with Gasteiger partial charge in [-0.2, -0.15) is 0 Å². The third-order valence-corrected chi connectivity index (χ3v) is 4.34. The quantitative estimate of drug-likeness (QED) is 0.336. The number of rotatable bonds is 7. The molecule has 0 spiro atoms. The largest absolute Gasteiger partial charge is 0.342 e. The van der Waals surface area contributed by atoms with Gasteiger partial charge in [0.15, 0.2) is 0 Å². The van der Waals surface area contributed by atoms with E-state index in [9.17, 15) is 4.79 Å². The molecule has 2 fully saturated rings. The SMILES string of the molecule is [N-]=[N+]=NCC1CC(=O)N(CCCNC2CCCCC2)C1. The molecule has 6 nitrogen and oxygen atoms in total. The minimum atomic E-state index is 0.209. The maximum Gasteiger partial charge on any atom is 0.222 e. The van der Waals surface area contributed by atoms with Gasteiger partial charge in [0.25, 0.3) is 0 Å². The second-order valence-electron chi connectivity index (χ2n) is 5.97. The smallest absolute Gasteiger partial charge is 0.222 e. The van der Waals surface area contributed by atoms with Crippen molar-refractivity contribution in [2.24, 2.45) is 11.0 Å². The normalized spacial score (nSPS) is 23.9. The molecule has 1 aliphatic heterocycles. The molecule has 2 rings (SSSR count). The van der Waals surface area contributed by atoms with Gasteiger partial charge in [-0.05, 0) is 37.3 Å². The number of hydrogen-bond donors (Lipinski definition) is 1. The fourth-order valence-corrected chi connectivity index (χ4v) is 3.23. The van der Waals surface area contributed by atoms with Crippen LogP contribution in [0.15, 0.2) is 5.11 Å². The molecule has 1 saturated heterocycles. The van der Waals surface area contributed by atoms with E-state index in [2.05, 4.69) is 15.3 Å². The first-order valence-corrected chi connectivity index (χ1v) is 7.81. The summed E-state index contributed by atoms with van der Waals surface area (Å²) >= 11 is 0. The number of likely N-dealkylation sites (tertiary alicyclic amines) is 1. The highest BCUT2D eigenvalue weighted by Crippen LogP contribution is 2.19. The van der Waals surface area contributed by atoms with Crippen molar-refractivity contribution in [3.63, 3.8) is 0 Å². The molecule has 0 bridgehead atoms. The zero-order chi connectivity index (χ0) is 14.2. The third-order valence-electron chi connectivity index (χ3n) is 4.34. The van der Waals surface area contributed by atoms with Gasteiger partial charge in [0.1, 0.15) is 0 Å². The summed E-state index contributed by atoms with van der Waals surface area (Å²) in [6.45, 7) is 3.02. The molecule has 1 atom stereocenters. The Morgan fingerprint density at radius 1 is 1.35 bits per heavy atom. The number of hydrogen-bond acceptors (Lipinski definition) is 3. The summed E-state index contributed by atoms with van der Waals surface area (Å²) in [6, 6.07) is 0.691. The summed E-state index contributed by atoms with van der Waals surface area (Å²) in [5, 5.41) is 7.17. The van der Waals surface area contributed by atoms with E-state index in [1.54, 1.807) is 0 Å². The Kier molecular flexibility index (Phi) is 6.15. The molecule has 1 saturated carbocycles. The number of carbonyl (C=O) groups excluding carboxylic acids is 1. The van der Waals surface area contributed by atoms with Crippen molar-refractivity contribution in [3.05, 3.63) is 10.4 Å². The molecule has 6 heteroatoms. The summed E-state index contributed by atoms with van der Waals surface area (Å²) in [7, 11) is 0. The molecule has 1 amide bonds. The molecule has 0 aromatic rings. The Bertz CT molecular complexity index is 361. The second-order valence-corrected chi connectivity index (χ2v) is 5.97. The van der Waals surface area contributed by atoms with E-state index in [0.29, 0.717) is 19.0 Å². The van der Waals surface area contributed by atoms with Crippen LogP contribution >= 0.6 is 0 Å². The van der Waals surface area contributed by atoms with Crippen LogP contribution in [0.1, 0.15) is 44.9 Å². The second kappa shape index (κ2) is 8.12. The van der Waals surface area contributed by atoms with Crippen LogP contribution in [0.4, 0.5) is 0 Å². The molecule has 112 valence electrons. The van der Waals surface area contributed by atoms with Crippen LogP contribution < -0.4 is 5.32 Å². The Balaban J connectivity index is 1.59. The Morgan fingerprint density at radius 3 is 2.90 bits per heavy atom. The summed E-state index contributed by atoms with van der Waals surface area (Å²) in [5.74, 6) is 0.422. The lowest BCUT2D eigenvalue weighted by atomic mass is 9.95. The van der Waals surface area contributed by atoms with Crippen LogP contribution in [0.5, 0.6) is 0 Å². The summed E-state index contributed by atoms with van der Waals surface area (Å²) in [4.78, 5) is 16.5. The lowest BCUT2D eigenvalue weighted by Gasteiger charge is -2.23. The van der Waals surface area contributed by atoms with Crippen molar-refractivity contribution >= 4 is 5.91 Å². The van der Waals surface area contributed by atoms with Crippen LogP contribution in [0.3, 0.4) is 0 Å². The van der Waals surface area contributed by atoms with Gasteiger partial charge >= 0.3 is 0 Å². The average molecular weight is 279 g/mol. The van der Waals surface area contributed by atoms with Crippen molar-refractivity contribution in [1.82, 2.24) is 10.2 Å². The number of nitrogens with zero attached hydrogens (tertiary/aromatic N) is 4. The average Bonchev–Trinajstić information content (AvgIpc) is 2.83. The fourth-order valence-electron chi connectivity index (χ4n) is 3.23. The lowest BCUT2D eigenvalue weighted by Crippen LogP contribution is -2.34. The van der Waals surface area contributed by atoms with Gasteiger partial charge in [0.2, 0.25) is 5.91 Å². The molecular formula is C14H25N5O. The van der Waals surface area contributed by atoms with Gasteiger partial charge in [-0.25, -0.2) is 0 Å². The Labute approximate surface area is 120 Å². The first-order chi connectivity index (χ1) is 9.79. The van der Waals surface area contributed by atoms with Crippen LogP contribution in [0.25, 0.3) is 10.4 Å². The Morgan fingerprint density at radius 2 is 2.15 bits per heavy atom. The molecule has 0 aromatic heterocycles. The predicted octanol–water partition coefficient (Wildman–Crippen LogP) is 2.46. The van der Waals surface area contributed by atoms with Crippen molar-refractivity contribution in [2.75, 3.05) is 26.2 Å². The summed E-state index contributed by atoms with van der Waals surface area (Å²) in [5.41, 5.74) is 8.31. The topological polar surface area (TPSA) is 81.1 Å². The number of carbonyl (C=O) groups is 1. The van der Waals surface area contributed by atoms with Crippen molar-refractivity contribution in [3.8, 4) is 0 Å². The summed E-state index contributed by atoms with van der Waals surface area (Å²) < 4.78 is 0. The van der Waals surface area contributed by atoms with Crippen LogP contribution in [0.2, 0.25) is 0 Å². The van der Waals surface area contributed by atoms with Crippen molar-refractivity contribution < 1.29 is 4.79 Å². The maximum absolute atomic E-state index is 11.8. The van der Waals surface area contributed by atoms with Crippen LogP contribution in [-0.2, 0) is 4.79 Å². The van der Waals surface area contributed by atoms with E-state index in [4.69, 9.17) is 5.53 Å². The van der Waals surface area contributed by atoms with Gasteiger partial charge < -0.3 is 10.2 Å². The van der Waals surface area contributed by atoms with Crippen molar-refractivity contribution in [1.29, 1.82) is 0 Å². The van der Waals surface area contributed by atoms with E-state index in [-0.39, 0.29) is 11.8 Å². The van der Waals surface area contributed by atoms with Gasteiger partial charge in [-0.1, -0.05) is 24.4 Å². The van der Waals surface area contributed by atoms with Gasteiger partial charge in [0.05, 0.1) is 0 Å². The molecular weight excluding hydrogens is 254 g/mol. The number of azide groups is 1. The monoisotopic (exact) mass is 279 g/mol. The molecule has 0 radical (unpaired) electrons. The molecule has 20 heavy (non-hydrogen) atoms. The molecule has 2 aliphatic rings. The maximum atomic E-state index is 11.8. The molecule has 1 unspecified atom stereocenters. The first-order valence-electron chi connectivity index (χ1n) is 7.81. The highest BCUT2D eigenvalue weighted by molar-refractivity contribution is 5.78. The van der Waals surface area contributed by atoms with E-state index in [1.165, 1.54) is 32.1 Å². The minimum Gasteiger partial charge on any atom is -0.342 e. The highest BCUT2D eigenvalue weighted by Gasteiger charge is 2.28. The minimum absolute atomic E-state index is 0.209. The van der Waals surface area contributed by atoms with Gasteiger partial charge in [-0.3, -0.25) is 4.79 Å². The van der Waals surface area contributed by atoms with Crippen LogP contribution in [-0.4, -0.2) is 43.0 Å². The molecule has 1 heterocycles.